The predicted molar refractivity (Wildman–Crippen MR) is 128 cm³/mol. The Hall–Kier alpha value is -3.19. The number of pyridine rings is 1. The molecule has 0 spiro atoms. The third-order valence-electron chi connectivity index (χ3n) is 7.06. The average Bonchev–Trinajstić information content (AvgIpc) is 3.23. The Morgan fingerprint density at radius 2 is 1.85 bits per heavy atom. The molecule has 3 amide bonds. The van der Waals surface area contributed by atoms with E-state index < -0.39 is 0 Å². The molecule has 2 aromatic heterocycles. The molecule has 0 radical (unpaired) electrons. The van der Waals surface area contributed by atoms with Crippen molar-refractivity contribution in [2.75, 3.05) is 24.5 Å². The van der Waals surface area contributed by atoms with Gasteiger partial charge in [-0.15, -0.1) is 0 Å². The second-order valence-corrected chi connectivity index (χ2v) is 9.37. The van der Waals surface area contributed by atoms with Crippen molar-refractivity contribution in [2.24, 2.45) is 5.92 Å². The molecular formula is C26H31N5O2. The minimum Gasteiger partial charge on any atom is -0.317 e. The molecule has 2 aliphatic heterocycles. The first-order valence-electron chi connectivity index (χ1n) is 11.8. The number of urea groups is 1. The summed E-state index contributed by atoms with van der Waals surface area (Å²) in [5, 5.41) is 7.90. The van der Waals surface area contributed by atoms with Crippen LogP contribution in [0, 0.1) is 19.8 Å². The summed E-state index contributed by atoms with van der Waals surface area (Å²) in [6.07, 6.45) is 7.44. The Balaban J connectivity index is 1.39. The minimum absolute atomic E-state index is 0.127. The molecule has 4 heterocycles. The highest BCUT2D eigenvalue weighted by Gasteiger charge is 2.34. The van der Waals surface area contributed by atoms with E-state index in [0.717, 1.165) is 41.8 Å². The fourth-order valence-corrected chi connectivity index (χ4v) is 4.92. The molecule has 0 unspecified atom stereocenters. The molecular weight excluding hydrogens is 414 g/mol. The van der Waals surface area contributed by atoms with Crippen LogP contribution in [0.3, 0.4) is 0 Å². The van der Waals surface area contributed by atoms with Crippen molar-refractivity contribution in [1.82, 2.24) is 19.8 Å². The zero-order valence-electron chi connectivity index (χ0n) is 19.4. The van der Waals surface area contributed by atoms with E-state index in [1.807, 2.05) is 29.8 Å². The Kier molecular flexibility index (Phi) is 5.89. The standard InChI is InChI=1S/C26H31N5O2/c1-18-3-4-22(13-19(18)2)17-30-25(32)8-11-29(26(30)33)24-16-28-31-12-7-21(15-23(24)31)14-20-5-9-27-10-6-20/h3-4,7,12-13,15-16,20,27H,5-6,8-11,14,17H2,1-2H3. The van der Waals surface area contributed by atoms with Crippen molar-refractivity contribution < 1.29 is 9.59 Å². The molecule has 2 fully saturated rings. The van der Waals surface area contributed by atoms with Crippen LogP contribution in [-0.4, -0.2) is 46.1 Å². The van der Waals surface area contributed by atoms with Crippen molar-refractivity contribution in [3.05, 3.63) is 65.0 Å². The normalized spacial score (nSPS) is 17.9. The van der Waals surface area contributed by atoms with Crippen molar-refractivity contribution in [1.29, 1.82) is 0 Å². The van der Waals surface area contributed by atoms with Crippen LogP contribution in [0.15, 0.2) is 42.7 Å². The fraction of sp³-hybridized carbons (Fsp3) is 0.423. The maximum absolute atomic E-state index is 13.4. The number of hydrogen-bond acceptors (Lipinski definition) is 4. The van der Waals surface area contributed by atoms with Crippen LogP contribution in [0.2, 0.25) is 0 Å². The molecule has 7 nitrogen and oxygen atoms in total. The highest BCUT2D eigenvalue weighted by molar-refractivity contribution is 6.07. The van der Waals surface area contributed by atoms with Gasteiger partial charge in [0.05, 0.1) is 23.9 Å². The topological polar surface area (TPSA) is 70.0 Å². The largest absolute Gasteiger partial charge is 0.331 e. The number of nitrogens with zero attached hydrogens (tertiary/aromatic N) is 4. The summed E-state index contributed by atoms with van der Waals surface area (Å²) in [7, 11) is 0. The van der Waals surface area contributed by atoms with E-state index in [2.05, 4.69) is 35.5 Å². The molecule has 1 aromatic carbocycles. The SMILES string of the molecule is Cc1ccc(CN2C(=O)CCN(c3cnn4ccc(CC5CCNCC5)cc34)C2=O)cc1C. The van der Waals surface area contributed by atoms with Gasteiger partial charge in [0, 0.05) is 19.2 Å². The number of aromatic nitrogens is 2. The van der Waals surface area contributed by atoms with Crippen molar-refractivity contribution in [3.63, 3.8) is 0 Å². The van der Waals surface area contributed by atoms with Crippen molar-refractivity contribution >= 4 is 23.1 Å². The van der Waals surface area contributed by atoms with Gasteiger partial charge in [-0.1, -0.05) is 18.2 Å². The van der Waals surface area contributed by atoms with Gasteiger partial charge in [-0.2, -0.15) is 5.10 Å². The summed E-state index contributed by atoms with van der Waals surface area (Å²) in [4.78, 5) is 29.2. The van der Waals surface area contributed by atoms with E-state index in [-0.39, 0.29) is 18.5 Å². The minimum atomic E-state index is -0.275. The molecule has 172 valence electrons. The second kappa shape index (κ2) is 8.98. The van der Waals surface area contributed by atoms with Crippen LogP contribution in [0.1, 0.15) is 41.5 Å². The van der Waals surface area contributed by atoms with Crippen LogP contribution in [-0.2, 0) is 17.8 Å². The molecule has 7 heteroatoms. The lowest BCUT2D eigenvalue weighted by Gasteiger charge is -2.33. The number of benzene rings is 1. The number of nitrogens with one attached hydrogen (secondary N) is 1. The summed E-state index contributed by atoms with van der Waals surface area (Å²) in [5.41, 5.74) is 6.27. The highest BCUT2D eigenvalue weighted by atomic mass is 16.2. The lowest BCUT2D eigenvalue weighted by molar-refractivity contribution is -0.129. The first-order chi connectivity index (χ1) is 16.0. The molecule has 2 aliphatic rings. The van der Waals surface area contributed by atoms with Crippen LogP contribution in [0.25, 0.3) is 5.52 Å². The third-order valence-corrected chi connectivity index (χ3v) is 7.06. The highest BCUT2D eigenvalue weighted by Crippen LogP contribution is 2.28. The Morgan fingerprint density at radius 1 is 1.03 bits per heavy atom. The number of fused-ring (bicyclic) bond motifs is 1. The quantitative estimate of drug-likeness (QED) is 0.648. The van der Waals surface area contributed by atoms with E-state index in [9.17, 15) is 9.59 Å². The van der Waals surface area contributed by atoms with Gasteiger partial charge in [0.2, 0.25) is 5.91 Å². The van der Waals surface area contributed by atoms with Gasteiger partial charge in [0.1, 0.15) is 0 Å². The zero-order chi connectivity index (χ0) is 22.9. The number of carbonyl (C=O) groups is 2. The van der Waals surface area contributed by atoms with Gasteiger partial charge in [-0.25, -0.2) is 9.31 Å². The van der Waals surface area contributed by atoms with E-state index in [4.69, 9.17) is 0 Å². The van der Waals surface area contributed by atoms with E-state index in [1.165, 1.54) is 28.9 Å². The third kappa shape index (κ3) is 4.37. The number of piperidine rings is 1. The number of imide groups is 1. The molecule has 0 aliphatic carbocycles. The molecule has 2 saturated heterocycles. The average molecular weight is 446 g/mol. The van der Waals surface area contributed by atoms with Crippen LogP contribution >= 0.6 is 0 Å². The van der Waals surface area contributed by atoms with Crippen molar-refractivity contribution in [3.8, 4) is 0 Å². The number of rotatable bonds is 5. The Morgan fingerprint density at radius 3 is 2.64 bits per heavy atom. The van der Waals surface area contributed by atoms with Crippen LogP contribution < -0.4 is 10.2 Å². The lowest BCUT2D eigenvalue weighted by Crippen LogP contribution is -2.52. The second-order valence-electron chi connectivity index (χ2n) is 9.37. The van der Waals surface area contributed by atoms with Gasteiger partial charge < -0.3 is 5.32 Å². The summed E-state index contributed by atoms with van der Waals surface area (Å²) >= 11 is 0. The van der Waals surface area contributed by atoms with E-state index in [1.54, 1.807) is 11.1 Å². The van der Waals surface area contributed by atoms with Gasteiger partial charge in [0.15, 0.2) is 0 Å². The Bertz CT molecular complexity index is 1190. The van der Waals surface area contributed by atoms with Gasteiger partial charge in [0.25, 0.3) is 0 Å². The smallest absolute Gasteiger partial charge is 0.317 e. The van der Waals surface area contributed by atoms with Gasteiger partial charge >= 0.3 is 6.03 Å². The zero-order valence-corrected chi connectivity index (χ0v) is 19.4. The van der Waals surface area contributed by atoms with Gasteiger partial charge in [-0.05, 0) is 86.5 Å². The first-order valence-corrected chi connectivity index (χ1v) is 11.8. The van der Waals surface area contributed by atoms with Gasteiger partial charge in [-0.3, -0.25) is 14.6 Å². The number of carbonyl (C=O) groups excluding carboxylic acids is 2. The van der Waals surface area contributed by atoms with Crippen molar-refractivity contribution in [2.45, 2.75) is 46.1 Å². The molecule has 0 saturated carbocycles. The molecule has 33 heavy (non-hydrogen) atoms. The molecule has 3 aromatic rings. The monoisotopic (exact) mass is 445 g/mol. The number of hydrogen-bond donors (Lipinski definition) is 1. The fourth-order valence-electron chi connectivity index (χ4n) is 4.92. The maximum Gasteiger partial charge on any atom is 0.331 e. The molecule has 0 bridgehead atoms. The lowest BCUT2D eigenvalue weighted by atomic mass is 9.91. The van der Waals surface area contributed by atoms with E-state index in [0.29, 0.717) is 18.9 Å². The van der Waals surface area contributed by atoms with Crippen LogP contribution in [0.4, 0.5) is 10.5 Å². The summed E-state index contributed by atoms with van der Waals surface area (Å²) < 4.78 is 1.82. The summed E-state index contributed by atoms with van der Waals surface area (Å²) in [5.74, 6) is 0.556. The number of aryl methyl sites for hydroxylation is 2. The number of anilines is 1. The summed E-state index contributed by atoms with van der Waals surface area (Å²) in [6.45, 7) is 6.93. The molecule has 5 rings (SSSR count). The number of amides is 3. The molecule has 0 atom stereocenters. The maximum atomic E-state index is 13.4. The molecule has 1 N–H and O–H groups in total. The summed E-state index contributed by atoms with van der Waals surface area (Å²) in [6, 6.07) is 10.1. The Labute approximate surface area is 194 Å². The van der Waals surface area contributed by atoms with E-state index >= 15 is 0 Å². The van der Waals surface area contributed by atoms with Crippen LogP contribution in [0.5, 0.6) is 0 Å². The predicted octanol–water partition coefficient (Wildman–Crippen LogP) is 3.85. The first kappa shape index (κ1) is 21.6.